The summed E-state index contributed by atoms with van der Waals surface area (Å²) in [7, 11) is 1.32. The lowest BCUT2D eigenvalue weighted by Gasteiger charge is -2.31. The Morgan fingerprint density at radius 1 is 0.374 bits per heavy atom. The van der Waals surface area contributed by atoms with Gasteiger partial charge < -0.3 is 84.0 Å². The molecule has 0 unspecified atom stereocenters. The summed E-state index contributed by atoms with van der Waals surface area (Å²) < 4.78 is 69.2. The fraction of sp³-hybridized carbons (Fsp3) is 0.529. The summed E-state index contributed by atoms with van der Waals surface area (Å²) in [5, 5.41) is 9.73. The molecule has 8 aliphatic heterocycles. The number of carbonyl (C=O) groups excluding carboxylic acids is 4. The van der Waals surface area contributed by atoms with Gasteiger partial charge in [-0.3, -0.25) is 20.2 Å². The predicted octanol–water partition coefficient (Wildman–Crippen LogP) is 10.8. The third-order valence-electron chi connectivity index (χ3n) is 22.1. The molecule has 38 heteroatoms. The Bertz CT molecular complexity index is 4580. The van der Waals surface area contributed by atoms with Crippen LogP contribution in [-0.4, -0.2) is 268 Å². The molecule has 16 heterocycles. The van der Waals surface area contributed by atoms with Crippen LogP contribution < -0.4 is 66.2 Å². The van der Waals surface area contributed by atoms with Gasteiger partial charge in [-0.2, -0.15) is 23.1 Å². The highest BCUT2D eigenvalue weighted by Gasteiger charge is 2.39. The maximum atomic E-state index is 12.5. The second-order valence-corrected chi connectivity index (χ2v) is 30.9. The lowest BCUT2D eigenvalue weighted by atomic mass is 10.1. The van der Waals surface area contributed by atoms with Crippen molar-refractivity contribution in [3.8, 4) is 45.3 Å². The molecule has 123 heavy (non-hydrogen) atoms. The Kier molecular flexibility index (Phi) is 31.5. The van der Waals surface area contributed by atoms with Crippen LogP contribution in [0.4, 0.5) is 92.8 Å². The number of carbonyl (C=O) groups is 4. The third kappa shape index (κ3) is 24.6. The van der Waals surface area contributed by atoms with E-state index in [0.717, 1.165) is 210 Å². The van der Waals surface area contributed by atoms with Crippen molar-refractivity contribution in [1.29, 1.82) is 0 Å². The number of pyridine rings is 4. The number of alkyl halides is 3. The van der Waals surface area contributed by atoms with Gasteiger partial charge >= 0.3 is 24.3 Å². The minimum atomic E-state index is -4.97. The molecule has 0 spiro atoms. The number of hydrogen-bond acceptors (Lipinski definition) is 31. The number of hydrogen-bond donors (Lipinski definition) is 5. The van der Waals surface area contributed by atoms with E-state index in [1.54, 1.807) is 43.8 Å². The summed E-state index contributed by atoms with van der Waals surface area (Å²) in [5.41, 5.74) is 13.6. The van der Waals surface area contributed by atoms with E-state index in [2.05, 4.69) is 92.0 Å². The number of halogens is 3. The second-order valence-electron chi connectivity index (χ2n) is 30.9. The van der Waals surface area contributed by atoms with Crippen molar-refractivity contribution in [3.63, 3.8) is 0 Å². The molecule has 0 aromatic carbocycles. The summed E-state index contributed by atoms with van der Waals surface area (Å²) in [5.74, 6) is 7.05. The summed E-state index contributed by atoms with van der Waals surface area (Å²) in [6, 6.07) is 15.0. The molecule has 0 aliphatic carbocycles. The number of nitrogens with two attached hydrogens (primary N) is 1. The van der Waals surface area contributed by atoms with Crippen LogP contribution in [-0.2, 0) is 38.0 Å². The van der Waals surface area contributed by atoms with E-state index in [1.807, 2.05) is 45.0 Å². The summed E-state index contributed by atoms with van der Waals surface area (Å²) >= 11 is 0. The quantitative estimate of drug-likeness (QED) is 0.0533. The predicted molar refractivity (Wildman–Crippen MR) is 465 cm³/mol. The van der Waals surface area contributed by atoms with E-state index >= 15 is 0 Å². The van der Waals surface area contributed by atoms with Gasteiger partial charge in [-0.05, 0) is 158 Å². The van der Waals surface area contributed by atoms with Crippen LogP contribution in [0.5, 0.6) is 0 Å². The van der Waals surface area contributed by atoms with Gasteiger partial charge in [0.15, 0.2) is 11.6 Å². The minimum Gasteiger partial charge on any atom is -0.453 e. The van der Waals surface area contributed by atoms with Crippen molar-refractivity contribution in [2.24, 2.45) is 5.73 Å². The summed E-state index contributed by atoms with van der Waals surface area (Å²) in [6.07, 6.45) is 14.8. The fourth-order valence-corrected chi connectivity index (χ4v) is 15.4. The molecule has 0 saturated carbocycles. The molecular formula is C85H112F3N25O10. The molecule has 8 saturated heterocycles. The largest absolute Gasteiger partial charge is 0.471 e. The Morgan fingerprint density at radius 2 is 0.667 bits per heavy atom. The lowest BCUT2D eigenvalue weighted by molar-refractivity contribution is -0.167. The highest BCUT2D eigenvalue weighted by molar-refractivity contribution is 5.94. The molecule has 16 rings (SSSR count). The van der Waals surface area contributed by atoms with E-state index in [1.165, 1.54) is 70.7 Å². The minimum absolute atomic E-state index is 0.0729. The van der Waals surface area contributed by atoms with Gasteiger partial charge in [-0.15, -0.1) is 0 Å². The van der Waals surface area contributed by atoms with Gasteiger partial charge in [0.25, 0.3) is 0 Å². The van der Waals surface area contributed by atoms with Crippen molar-refractivity contribution < 1.29 is 60.8 Å². The van der Waals surface area contributed by atoms with Crippen LogP contribution in [0.2, 0.25) is 0 Å². The average molecular weight is 1700 g/mol. The van der Waals surface area contributed by atoms with Crippen LogP contribution in [0.15, 0.2) is 73.3 Å². The maximum Gasteiger partial charge on any atom is 0.471 e. The Balaban J connectivity index is 0.000000141. The zero-order valence-electron chi connectivity index (χ0n) is 71.0. The smallest absolute Gasteiger partial charge is 0.453 e. The first-order valence-electron chi connectivity index (χ1n) is 42.6. The Morgan fingerprint density at radius 3 is 0.976 bits per heavy atom. The molecule has 8 aromatic rings. The molecule has 658 valence electrons. The van der Waals surface area contributed by atoms with Gasteiger partial charge in [0, 0.05) is 176 Å². The number of aromatic nitrogens is 12. The molecule has 4 amide bonds. The SMILES string of the molecule is CCOC(=O)Nc1cc(C)c(-c2nc(N3CCCCC3)cc(N3CCOCC3)n2)cn1.COC(=O)Nc1cc(C)c(-c2nc(N3CCCCC3)cc(N3CCOCC3)n2)cn1.Cc1cc(NC(=O)C(F)(F)F)ncc1-c1cc(N2CCOCC2)nc(N2CCCCC2)n1.Cc1cc(NC(=O)CN)ncc1-c1cc(N2CCOCC2)nc(N2CCCCC2)n1. The molecular weight excluding hydrogens is 1590 g/mol. The van der Waals surface area contributed by atoms with E-state index in [-0.39, 0.29) is 18.3 Å². The molecule has 35 nitrogen and oxygen atoms in total. The molecule has 8 fully saturated rings. The van der Waals surface area contributed by atoms with Crippen molar-refractivity contribution >= 4 is 94.1 Å². The number of rotatable bonds is 18. The van der Waals surface area contributed by atoms with E-state index in [4.69, 9.17) is 69.3 Å². The fourth-order valence-electron chi connectivity index (χ4n) is 15.4. The first-order chi connectivity index (χ1) is 59.7. The highest BCUT2D eigenvalue weighted by Crippen LogP contribution is 2.36. The standard InChI is InChI=1S/C22H30N6O3.C21H25F3N6O2.C21H29N7O2.C21H28N6O3/c1-3-31-22(29)24-18-13-16(2)17(15-23-18)21-25-19(27-7-5-4-6-8-27)14-20(26-21)28-9-11-30-12-10-28;1-14-11-17(27-19(31)21(22,23)24)25-13-15(14)16-12-18(29-7-9-32-10-8-29)28-20(26-16)30-5-3-2-4-6-30;1-15-11-18(25-20(29)13-22)23-14-16(15)17-12-19(27-7-9-30-10-8-27)26-21(24-17)28-5-3-2-4-6-28;1-15-12-17(23-21(28)29-2)22-14-16(15)20-24-18(26-6-4-3-5-7-26)13-19(25-20)27-8-10-30-11-9-27/h13-15H,3-12H2,1-2H3,(H,23,24,29);11-13H,2-10H2,1H3,(H,25,27,31);11-12,14H,2-10,13,22H2,1H3,(H,23,25,29);12-14H,3-11H2,1-2H3,(H,22,23,28). The van der Waals surface area contributed by atoms with Crippen LogP contribution in [0, 0.1) is 27.7 Å². The number of methoxy groups -OCH3 is 1. The summed E-state index contributed by atoms with van der Waals surface area (Å²) in [4.78, 5) is 120. The topological polar surface area (TPSA) is 378 Å². The first kappa shape index (κ1) is 89.2. The van der Waals surface area contributed by atoms with E-state index in [9.17, 15) is 32.3 Å². The summed E-state index contributed by atoms with van der Waals surface area (Å²) in [6.45, 7) is 29.2. The molecule has 0 bridgehead atoms. The Hall–Kier alpha value is -11.6. The van der Waals surface area contributed by atoms with Gasteiger partial charge in [0.05, 0.1) is 84.5 Å². The van der Waals surface area contributed by atoms with Crippen LogP contribution in [0.25, 0.3) is 45.3 Å². The lowest BCUT2D eigenvalue weighted by Crippen LogP contribution is -2.37. The van der Waals surface area contributed by atoms with Crippen molar-refractivity contribution in [3.05, 3.63) is 95.6 Å². The number of nitrogens with one attached hydrogen (secondary N) is 4. The molecule has 8 aromatic heterocycles. The van der Waals surface area contributed by atoms with Crippen LogP contribution in [0.1, 0.15) is 106 Å². The first-order valence-corrected chi connectivity index (χ1v) is 42.6. The monoisotopic (exact) mass is 1700 g/mol. The normalized spacial score (nSPS) is 17.1. The van der Waals surface area contributed by atoms with E-state index < -0.39 is 24.3 Å². The van der Waals surface area contributed by atoms with Crippen molar-refractivity contribution in [2.75, 3.05) is 238 Å². The zero-order chi connectivity index (χ0) is 86.2. The maximum absolute atomic E-state index is 12.5. The number of aryl methyl sites for hydroxylation is 4. The van der Waals surface area contributed by atoms with Gasteiger partial charge in [0.2, 0.25) is 17.8 Å². The molecule has 6 N–H and O–H groups in total. The number of piperidine rings is 4. The van der Waals surface area contributed by atoms with Gasteiger partial charge in [-0.1, -0.05) is 0 Å². The van der Waals surface area contributed by atoms with Crippen molar-refractivity contribution in [1.82, 2.24) is 59.8 Å². The molecule has 8 aliphatic rings. The zero-order valence-corrected chi connectivity index (χ0v) is 71.0. The van der Waals surface area contributed by atoms with Crippen LogP contribution in [0.3, 0.4) is 0 Å². The Labute approximate surface area is 714 Å². The van der Waals surface area contributed by atoms with Crippen molar-refractivity contribution in [2.45, 2.75) is 118 Å². The molecule has 0 atom stereocenters. The highest BCUT2D eigenvalue weighted by atomic mass is 19.4. The average Bonchev–Trinajstić information content (AvgIpc) is 0.804. The van der Waals surface area contributed by atoms with Gasteiger partial charge in [0.1, 0.15) is 58.2 Å². The number of nitrogens with zero attached hydrogens (tertiary/aromatic N) is 20. The van der Waals surface area contributed by atoms with Gasteiger partial charge in [-0.25, -0.2) is 59.4 Å². The van der Waals surface area contributed by atoms with Crippen LogP contribution >= 0.6 is 0 Å². The number of amides is 4. The number of morpholine rings is 4. The third-order valence-corrected chi connectivity index (χ3v) is 22.1. The second kappa shape index (κ2) is 43.4. The molecule has 0 radical (unpaired) electrons. The number of ether oxygens (including phenoxy) is 6. The van der Waals surface area contributed by atoms with E-state index in [0.29, 0.717) is 111 Å². The number of anilines is 12.